The van der Waals surface area contributed by atoms with Gasteiger partial charge < -0.3 is 21.3 Å². The standard InChI is InChI=1S/C24H23N5O3/c1-16(23(31)29-15-22(30)28-20-12-5-6-13-21(20)29)25-18-10-7-11-19(14-18)27-24(32)26-17-8-3-2-4-9-17/h2-14,16,25H,15H2,1H3,(H,28,30)(H2,26,27,32)/t16-/m0/s1. The Morgan fingerprint density at radius 3 is 2.34 bits per heavy atom. The van der Waals surface area contributed by atoms with Crippen LogP contribution >= 0.6 is 0 Å². The topological polar surface area (TPSA) is 103 Å². The molecule has 0 fully saturated rings. The molecule has 0 spiro atoms. The number of para-hydroxylation sites is 3. The van der Waals surface area contributed by atoms with Crippen LogP contribution in [-0.2, 0) is 9.59 Å². The smallest absolute Gasteiger partial charge is 0.323 e. The Labute approximate surface area is 185 Å². The Morgan fingerprint density at radius 1 is 0.875 bits per heavy atom. The summed E-state index contributed by atoms with van der Waals surface area (Å²) in [5, 5.41) is 11.5. The van der Waals surface area contributed by atoms with Gasteiger partial charge in [0, 0.05) is 17.1 Å². The van der Waals surface area contributed by atoms with Gasteiger partial charge in [0.05, 0.1) is 11.4 Å². The Hall–Kier alpha value is -4.33. The molecule has 32 heavy (non-hydrogen) atoms. The number of carbonyl (C=O) groups excluding carboxylic acids is 3. The molecule has 0 saturated carbocycles. The molecule has 0 saturated heterocycles. The highest BCUT2D eigenvalue weighted by Gasteiger charge is 2.29. The highest BCUT2D eigenvalue weighted by Crippen LogP contribution is 2.29. The average molecular weight is 429 g/mol. The summed E-state index contributed by atoms with van der Waals surface area (Å²) in [6.07, 6.45) is 0. The van der Waals surface area contributed by atoms with E-state index in [0.717, 1.165) is 0 Å². The fourth-order valence-electron chi connectivity index (χ4n) is 3.48. The molecule has 3 aromatic rings. The third-order valence-corrected chi connectivity index (χ3v) is 4.94. The van der Waals surface area contributed by atoms with Crippen LogP contribution in [0.3, 0.4) is 0 Å². The molecule has 1 heterocycles. The van der Waals surface area contributed by atoms with Gasteiger partial charge in [-0.05, 0) is 49.4 Å². The van der Waals surface area contributed by atoms with Crippen molar-refractivity contribution < 1.29 is 14.4 Å². The van der Waals surface area contributed by atoms with Gasteiger partial charge in [-0.15, -0.1) is 0 Å². The Morgan fingerprint density at radius 2 is 1.53 bits per heavy atom. The quantitative estimate of drug-likeness (QED) is 0.490. The SMILES string of the molecule is C[C@H](Nc1cccc(NC(=O)Nc2ccccc2)c1)C(=O)N1CC(=O)Nc2ccccc21. The van der Waals surface area contributed by atoms with Gasteiger partial charge in [0.25, 0.3) is 0 Å². The molecule has 0 aliphatic carbocycles. The lowest BCUT2D eigenvalue weighted by Gasteiger charge is -2.31. The summed E-state index contributed by atoms with van der Waals surface area (Å²) in [4.78, 5) is 38.8. The van der Waals surface area contributed by atoms with Gasteiger partial charge in [0.15, 0.2) is 0 Å². The summed E-state index contributed by atoms with van der Waals surface area (Å²) < 4.78 is 0. The first kappa shape index (κ1) is 20.9. The molecule has 3 aromatic carbocycles. The summed E-state index contributed by atoms with van der Waals surface area (Å²) in [6.45, 7) is 1.70. The molecule has 162 valence electrons. The van der Waals surface area contributed by atoms with E-state index < -0.39 is 6.04 Å². The molecule has 4 rings (SSSR count). The molecule has 1 aliphatic rings. The van der Waals surface area contributed by atoms with Crippen LogP contribution in [0, 0.1) is 0 Å². The molecule has 0 radical (unpaired) electrons. The molecule has 1 aliphatic heterocycles. The molecule has 8 heteroatoms. The molecule has 8 nitrogen and oxygen atoms in total. The van der Waals surface area contributed by atoms with Crippen LogP contribution in [0.25, 0.3) is 0 Å². The Balaban J connectivity index is 1.41. The number of anilines is 5. The van der Waals surface area contributed by atoms with Crippen molar-refractivity contribution in [3.63, 3.8) is 0 Å². The first-order chi connectivity index (χ1) is 15.5. The molecular weight excluding hydrogens is 406 g/mol. The lowest BCUT2D eigenvalue weighted by atomic mass is 10.1. The summed E-state index contributed by atoms with van der Waals surface area (Å²) in [5.74, 6) is -0.465. The number of rotatable bonds is 5. The van der Waals surface area contributed by atoms with E-state index in [-0.39, 0.29) is 24.4 Å². The minimum Gasteiger partial charge on any atom is -0.374 e. The van der Waals surface area contributed by atoms with Crippen LogP contribution < -0.4 is 26.2 Å². The second-order valence-electron chi connectivity index (χ2n) is 7.38. The van der Waals surface area contributed by atoms with Gasteiger partial charge in [0.2, 0.25) is 11.8 Å². The van der Waals surface area contributed by atoms with Crippen LogP contribution in [-0.4, -0.2) is 30.4 Å². The largest absolute Gasteiger partial charge is 0.374 e. The molecule has 4 amide bonds. The predicted molar refractivity (Wildman–Crippen MR) is 126 cm³/mol. The van der Waals surface area contributed by atoms with E-state index in [1.165, 1.54) is 4.90 Å². The van der Waals surface area contributed by atoms with Crippen molar-refractivity contribution in [2.24, 2.45) is 0 Å². The van der Waals surface area contributed by atoms with Gasteiger partial charge in [-0.25, -0.2) is 4.79 Å². The summed E-state index contributed by atoms with van der Waals surface area (Å²) >= 11 is 0. The van der Waals surface area contributed by atoms with E-state index in [9.17, 15) is 14.4 Å². The van der Waals surface area contributed by atoms with Crippen molar-refractivity contribution in [1.29, 1.82) is 0 Å². The molecule has 0 bridgehead atoms. The number of benzene rings is 3. The predicted octanol–water partition coefficient (Wildman–Crippen LogP) is 4.12. The molecule has 0 unspecified atom stereocenters. The highest BCUT2D eigenvalue weighted by molar-refractivity contribution is 6.11. The first-order valence-corrected chi connectivity index (χ1v) is 10.2. The van der Waals surface area contributed by atoms with Crippen LogP contribution in [0.1, 0.15) is 6.92 Å². The van der Waals surface area contributed by atoms with E-state index in [2.05, 4.69) is 21.3 Å². The molecule has 1 atom stereocenters. The Kier molecular flexibility index (Phi) is 6.03. The monoisotopic (exact) mass is 429 g/mol. The Bertz CT molecular complexity index is 1150. The number of hydrogen-bond acceptors (Lipinski definition) is 4. The summed E-state index contributed by atoms with van der Waals surface area (Å²) in [7, 11) is 0. The van der Waals surface area contributed by atoms with Crippen molar-refractivity contribution in [2.45, 2.75) is 13.0 Å². The maximum atomic E-state index is 13.1. The number of fused-ring (bicyclic) bond motifs is 1. The molecule has 0 aromatic heterocycles. The average Bonchev–Trinajstić information content (AvgIpc) is 2.78. The van der Waals surface area contributed by atoms with Gasteiger partial charge in [0.1, 0.15) is 12.6 Å². The van der Waals surface area contributed by atoms with Crippen molar-refractivity contribution >= 4 is 46.3 Å². The third-order valence-electron chi connectivity index (χ3n) is 4.94. The maximum absolute atomic E-state index is 13.1. The van der Waals surface area contributed by atoms with E-state index in [0.29, 0.717) is 28.4 Å². The molecular formula is C24H23N5O3. The van der Waals surface area contributed by atoms with E-state index in [1.807, 2.05) is 24.3 Å². The lowest BCUT2D eigenvalue weighted by molar-refractivity contribution is -0.122. The lowest BCUT2D eigenvalue weighted by Crippen LogP contribution is -2.47. The zero-order valence-electron chi connectivity index (χ0n) is 17.5. The van der Waals surface area contributed by atoms with Crippen LogP contribution in [0.15, 0.2) is 78.9 Å². The summed E-state index contributed by atoms with van der Waals surface area (Å²) in [6, 6.07) is 22.5. The van der Waals surface area contributed by atoms with Crippen molar-refractivity contribution in [1.82, 2.24) is 0 Å². The van der Waals surface area contributed by atoms with E-state index >= 15 is 0 Å². The first-order valence-electron chi connectivity index (χ1n) is 10.2. The van der Waals surface area contributed by atoms with Crippen LogP contribution in [0.4, 0.5) is 33.2 Å². The van der Waals surface area contributed by atoms with E-state index in [4.69, 9.17) is 0 Å². The number of amides is 4. The van der Waals surface area contributed by atoms with Crippen molar-refractivity contribution in [3.05, 3.63) is 78.9 Å². The van der Waals surface area contributed by atoms with E-state index in [1.54, 1.807) is 61.5 Å². The second-order valence-corrected chi connectivity index (χ2v) is 7.38. The van der Waals surface area contributed by atoms with Gasteiger partial charge in [-0.1, -0.05) is 36.4 Å². The zero-order chi connectivity index (χ0) is 22.5. The maximum Gasteiger partial charge on any atom is 0.323 e. The number of nitrogens with zero attached hydrogens (tertiary/aromatic N) is 1. The van der Waals surface area contributed by atoms with Gasteiger partial charge in [-0.3, -0.25) is 14.5 Å². The van der Waals surface area contributed by atoms with Gasteiger partial charge in [-0.2, -0.15) is 0 Å². The number of urea groups is 1. The summed E-state index contributed by atoms with van der Waals surface area (Å²) in [5.41, 5.74) is 3.20. The molecule has 4 N–H and O–H groups in total. The van der Waals surface area contributed by atoms with Crippen LogP contribution in [0.5, 0.6) is 0 Å². The van der Waals surface area contributed by atoms with Crippen LogP contribution in [0.2, 0.25) is 0 Å². The minimum atomic E-state index is -0.595. The van der Waals surface area contributed by atoms with Gasteiger partial charge >= 0.3 is 6.03 Å². The zero-order valence-corrected chi connectivity index (χ0v) is 17.5. The fourth-order valence-corrected chi connectivity index (χ4v) is 3.48. The van der Waals surface area contributed by atoms with Crippen molar-refractivity contribution in [3.8, 4) is 0 Å². The number of hydrogen-bond donors (Lipinski definition) is 4. The third kappa shape index (κ3) is 4.86. The minimum absolute atomic E-state index is 0.0386. The second kappa shape index (κ2) is 9.22. The van der Waals surface area contributed by atoms with Crippen molar-refractivity contribution in [2.75, 3.05) is 32.7 Å². The number of carbonyl (C=O) groups is 3. The highest BCUT2D eigenvalue weighted by atomic mass is 16.2. The fraction of sp³-hybridized carbons (Fsp3) is 0.125. The normalized spacial score (nSPS) is 13.4. The number of nitrogens with one attached hydrogen (secondary N) is 4.